The van der Waals surface area contributed by atoms with E-state index in [-0.39, 0.29) is 17.7 Å². The summed E-state index contributed by atoms with van der Waals surface area (Å²) in [6.07, 6.45) is 4.87. The van der Waals surface area contributed by atoms with E-state index in [4.69, 9.17) is 0 Å². The number of benzene rings is 2. The second kappa shape index (κ2) is 10.7. The van der Waals surface area contributed by atoms with E-state index in [2.05, 4.69) is 34.5 Å². The molecule has 158 valence electrons. The Hall–Kier alpha value is -2.92. The summed E-state index contributed by atoms with van der Waals surface area (Å²) in [5.41, 5.74) is 3.37. The third-order valence-electron chi connectivity index (χ3n) is 5.38. The summed E-state index contributed by atoms with van der Waals surface area (Å²) in [6.45, 7) is 2.69. The van der Waals surface area contributed by atoms with E-state index in [1.807, 2.05) is 55.4 Å². The molecule has 1 aliphatic rings. The molecule has 1 aliphatic heterocycles. The topological polar surface area (TPSA) is 52.7 Å². The largest absolute Gasteiger partial charge is 0.352 e. The number of rotatable bonds is 7. The Morgan fingerprint density at radius 2 is 1.63 bits per heavy atom. The summed E-state index contributed by atoms with van der Waals surface area (Å²) >= 11 is 0. The van der Waals surface area contributed by atoms with Crippen molar-refractivity contribution in [3.8, 4) is 0 Å². The Labute approximate surface area is 179 Å². The van der Waals surface area contributed by atoms with Crippen LogP contribution in [0.25, 0.3) is 6.08 Å². The molecular formula is C25H31N3O2. The van der Waals surface area contributed by atoms with Crippen molar-refractivity contribution in [3.05, 3.63) is 77.4 Å². The maximum atomic E-state index is 12.5. The number of hydrogen-bond acceptors (Lipinski definition) is 3. The van der Waals surface area contributed by atoms with Crippen LogP contribution in [0.2, 0.25) is 0 Å². The van der Waals surface area contributed by atoms with Gasteiger partial charge in [0.25, 0.3) is 0 Å². The number of carbonyl (C=O) groups excluding carboxylic acids is 2. The monoisotopic (exact) mass is 405 g/mol. The lowest BCUT2D eigenvalue weighted by molar-refractivity contribution is -0.132. The van der Waals surface area contributed by atoms with Crippen molar-refractivity contribution >= 4 is 17.9 Å². The van der Waals surface area contributed by atoms with Crippen LogP contribution in [0.5, 0.6) is 0 Å². The van der Waals surface area contributed by atoms with E-state index in [0.717, 1.165) is 17.7 Å². The maximum absolute atomic E-state index is 12.5. The molecule has 1 heterocycles. The highest BCUT2D eigenvalue weighted by Crippen LogP contribution is 2.18. The average Bonchev–Trinajstić information content (AvgIpc) is 2.77. The van der Waals surface area contributed by atoms with Gasteiger partial charge in [-0.05, 0) is 49.7 Å². The van der Waals surface area contributed by atoms with E-state index in [1.165, 1.54) is 5.56 Å². The van der Waals surface area contributed by atoms with Crippen LogP contribution in [0.3, 0.4) is 0 Å². The Morgan fingerprint density at radius 1 is 1.00 bits per heavy atom. The van der Waals surface area contributed by atoms with Crippen molar-refractivity contribution in [2.24, 2.45) is 5.92 Å². The first-order valence-electron chi connectivity index (χ1n) is 10.5. The summed E-state index contributed by atoms with van der Waals surface area (Å²) in [5, 5.41) is 3.05. The number of nitrogens with one attached hydrogen (secondary N) is 1. The number of amides is 2. The second-order valence-corrected chi connectivity index (χ2v) is 8.12. The van der Waals surface area contributed by atoms with Crippen LogP contribution in [-0.2, 0) is 22.7 Å². The highest BCUT2D eigenvalue weighted by molar-refractivity contribution is 5.92. The van der Waals surface area contributed by atoms with Crippen LogP contribution in [0.1, 0.15) is 29.5 Å². The van der Waals surface area contributed by atoms with E-state index < -0.39 is 0 Å². The molecule has 0 unspecified atom stereocenters. The minimum atomic E-state index is -0.0276. The molecule has 2 amide bonds. The molecule has 0 saturated carbocycles. The number of likely N-dealkylation sites (tertiary alicyclic amines) is 1. The van der Waals surface area contributed by atoms with Crippen molar-refractivity contribution < 1.29 is 9.59 Å². The summed E-state index contributed by atoms with van der Waals surface area (Å²) in [5.74, 6) is 0.0648. The van der Waals surface area contributed by atoms with Crippen LogP contribution >= 0.6 is 0 Å². The molecular weight excluding hydrogens is 374 g/mol. The van der Waals surface area contributed by atoms with Gasteiger partial charge in [0.1, 0.15) is 0 Å². The minimum Gasteiger partial charge on any atom is -0.352 e. The molecule has 2 aromatic rings. The van der Waals surface area contributed by atoms with Gasteiger partial charge in [0, 0.05) is 38.2 Å². The van der Waals surface area contributed by atoms with Crippen molar-refractivity contribution in [2.45, 2.75) is 25.9 Å². The molecule has 1 N–H and O–H groups in total. The Morgan fingerprint density at radius 3 is 2.27 bits per heavy atom. The van der Waals surface area contributed by atoms with Gasteiger partial charge in [-0.1, -0.05) is 54.6 Å². The lowest BCUT2D eigenvalue weighted by atomic mass is 9.95. The van der Waals surface area contributed by atoms with Gasteiger partial charge in [-0.25, -0.2) is 0 Å². The van der Waals surface area contributed by atoms with Gasteiger partial charge in [-0.15, -0.1) is 0 Å². The SMILES string of the molecule is CN(C)Cc1ccc(CNC(=O)C2CCN(C(=O)C=Cc3ccccc3)CC2)cc1. The van der Waals surface area contributed by atoms with Gasteiger partial charge in [-0.3, -0.25) is 9.59 Å². The molecule has 5 heteroatoms. The molecule has 0 spiro atoms. The van der Waals surface area contributed by atoms with E-state index >= 15 is 0 Å². The summed E-state index contributed by atoms with van der Waals surface area (Å²) in [4.78, 5) is 28.9. The third-order valence-corrected chi connectivity index (χ3v) is 5.38. The third kappa shape index (κ3) is 6.56. The van der Waals surface area contributed by atoms with Gasteiger partial charge in [0.15, 0.2) is 0 Å². The predicted molar refractivity (Wildman–Crippen MR) is 120 cm³/mol. The summed E-state index contributed by atoms with van der Waals surface area (Å²) < 4.78 is 0. The summed E-state index contributed by atoms with van der Waals surface area (Å²) in [7, 11) is 4.10. The molecule has 2 aromatic carbocycles. The number of hydrogen-bond donors (Lipinski definition) is 1. The lowest BCUT2D eigenvalue weighted by Crippen LogP contribution is -2.42. The fourth-order valence-electron chi connectivity index (χ4n) is 3.66. The zero-order valence-electron chi connectivity index (χ0n) is 17.9. The van der Waals surface area contributed by atoms with Gasteiger partial charge in [0.05, 0.1) is 0 Å². The van der Waals surface area contributed by atoms with Gasteiger partial charge in [0.2, 0.25) is 11.8 Å². The molecule has 0 aromatic heterocycles. The van der Waals surface area contributed by atoms with Gasteiger partial charge >= 0.3 is 0 Å². The smallest absolute Gasteiger partial charge is 0.246 e. The first-order chi connectivity index (χ1) is 14.5. The van der Waals surface area contributed by atoms with Gasteiger partial charge in [-0.2, -0.15) is 0 Å². The van der Waals surface area contributed by atoms with Gasteiger partial charge < -0.3 is 15.1 Å². The van der Waals surface area contributed by atoms with Crippen molar-refractivity contribution in [1.82, 2.24) is 15.1 Å². The van der Waals surface area contributed by atoms with E-state index in [1.54, 1.807) is 6.08 Å². The van der Waals surface area contributed by atoms with Crippen molar-refractivity contribution in [2.75, 3.05) is 27.2 Å². The maximum Gasteiger partial charge on any atom is 0.246 e. The van der Waals surface area contributed by atoms with Crippen LogP contribution in [0.15, 0.2) is 60.7 Å². The highest BCUT2D eigenvalue weighted by Gasteiger charge is 2.26. The lowest BCUT2D eigenvalue weighted by Gasteiger charge is -2.30. The average molecular weight is 406 g/mol. The van der Waals surface area contributed by atoms with E-state index in [9.17, 15) is 9.59 Å². The van der Waals surface area contributed by atoms with Crippen LogP contribution < -0.4 is 5.32 Å². The van der Waals surface area contributed by atoms with Crippen LogP contribution in [0, 0.1) is 5.92 Å². The first-order valence-corrected chi connectivity index (χ1v) is 10.5. The second-order valence-electron chi connectivity index (χ2n) is 8.12. The first kappa shape index (κ1) is 21.8. The molecule has 30 heavy (non-hydrogen) atoms. The zero-order chi connectivity index (χ0) is 21.3. The number of carbonyl (C=O) groups is 2. The van der Waals surface area contributed by atoms with Crippen LogP contribution in [-0.4, -0.2) is 48.8 Å². The number of piperidine rings is 1. The molecule has 0 radical (unpaired) electrons. The molecule has 1 fully saturated rings. The van der Waals surface area contributed by atoms with Crippen molar-refractivity contribution in [3.63, 3.8) is 0 Å². The Balaban J connectivity index is 1.41. The molecule has 3 rings (SSSR count). The van der Waals surface area contributed by atoms with Crippen molar-refractivity contribution in [1.29, 1.82) is 0 Å². The fraction of sp³-hybridized carbons (Fsp3) is 0.360. The Bertz CT molecular complexity index is 852. The minimum absolute atomic E-state index is 0.00975. The quantitative estimate of drug-likeness (QED) is 0.719. The zero-order valence-corrected chi connectivity index (χ0v) is 17.9. The molecule has 0 aliphatic carbocycles. The molecule has 1 saturated heterocycles. The van der Waals surface area contributed by atoms with E-state index in [0.29, 0.717) is 32.5 Å². The summed E-state index contributed by atoms with van der Waals surface area (Å²) in [6, 6.07) is 18.1. The molecule has 0 atom stereocenters. The Kier molecular flexibility index (Phi) is 7.80. The highest BCUT2D eigenvalue weighted by atomic mass is 16.2. The number of nitrogens with zero attached hydrogens (tertiary/aromatic N) is 2. The van der Waals surface area contributed by atoms with Crippen LogP contribution in [0.4, 0.5) is 0 Å². The standard InChI is InChI=1S/C25H31N3O2/c1-27(2)19-22-10-8-21(9-11-22)18-26-25(30)23-14-16-28(17-15-23)24(29)13-12-20-6-4-3-5-7-20/h3-13,23H,14-19H2,1-2H3,(H,26,30). The molecule has 5 nitrogen and oxygen atoms in total. The fourth-order valence-corrected chi connectivity index (χ4v) is 3.66. The normalized spacial score (nSPS) is 15.0. The molecule has 0 bridgehead atoms. The predicted octanol–water partition coefficient (Wildman–Crippen LogP) is 3.32.